The van der Waals surface area contributed by atoms with Crippen LogP contribution in [0.3, 0.4) is 0 Å². The Morgan fingerprint density at radius 2 is 2.25 bits per heavy atom. The molecule has 6 heteroatoms. The number of nitrogens with one attached hydrogen (secondary N) is 1. The summed E-state index contributed by atoms with van der Waals surface area (Å²) in [6, 6.07) is 0. The van der Waals surface area contributed by atoms with E-state index >= 15 is 0 Å². The number of H-pyrrole nitrogens is 1. The highest BCUT2D eigenvalue weighted by atomic mass is 32.2. The first kappa shape index (κ1) is 7.23. The SMILES string of the molecule is c1cnc(Sc2ncn[nH]2)cn1. The van der Waals surface area contributed by atoms with Gasteiger partial charge in [-0.1, -0.05) is 0 Å². The normalized spacial score (nSPS) is 10.0. The maximum Gasteiger partial charge on any atom is 0.189 e. The molecule has 0 bridgehead atoms. The van der Waals surface area contributed by atoms with E-state index in [-0.39, 0.29) is 0 Å². The summed E-state index contributed by atoms with van der Waals surface area (Å²) in [5.74, 6) is 0. The Balaban J connectivity index is 2.15. The lowest BCUT2D eigenvalue weighted by atomic mass is 10.8. The third-order valence-electron chi connectivity index (χ3n) is 1.13. The van der Waals surface area contributed by atoms with Gasteiger partial charge in [0.1, 0.15) is 11.4 Å². The van der Waals surface area contributed by atoms with Gasteiger partial charge >= 0.3 is 0 Å². The van der Waals surface area contributed by atoms with Gasteiger partial charge in [0.05, 0.1) is 6.20 Å². The molecule has 0 unspecified atom stereocenters. The molecule has 1 N–H and O–H groups in total. The third kappa shape index (κ3) is 1.59. The molecular weight excluding hydrogens is 174 g/mol. The molecule has 0 saturated carbocycles. The van der Waals surface area contributed by atoms with Gasteiger partial charge in [-0.3, -0.25) is 10.1 Å². The van der Waals surface area contributed by atoms with Gasteiger partial charge in [0.2, 0.25) is 0 Å². The summed E-state index contributed by atoms with van der Waals surface area (Å²) in [5.41, 5.74) is 0. The Hall–Kier alpha value is -1.43. The van der Waals surface area contributed by atoms with Crippen LogP contribution in [0.2, 0.25) is 0 Å². The van der Waals surface area contributed by atoms with Crippen LogP contribution >= 0.6 is 11.8 Å². The van der Waals surface area contributed by atoms with Crippen LogP contribution in [0.25, 0.3) is 0 Å². The number of nitrogens with zero attached hydrogens (tertiary/aromatic N) is 4. The second-order valence-electron chi connectivity index (χ2n) is 1.94. The molecule has 60 valence electrons. The zero-order valence-corrected chi connectivity index (χ0v) is 6.82. The predicted octanol–water partition coefficient (Wildman–Crippen LogP) is 0.746. The van der Waals surface area contributed by atoms with Crippen molar-refractivity contribution in [2.24, 2.45) is 0 Å². The maximum atomic E-state index is 4.07. The molecule has 2 rings (SSSR count). The van der Waals surface area contributed by atoms with Crippen molar-refractivity contribution in [3.8, 4) is 0 Å². The van der Waals surface area contributed by atoms with Crippen molar-refractivity contribution in [2.75, 3.05) is 0 Å². The van der Waals surface area contributed by atoms with Gasteiger partial charge in [-0.25, -0.2) is 9.97 Å². The lowest BCUT2D eigenvalue weighted by Crippen LogP contribution is -1.81. The minimum atomic E-state index is 0.718. The third-order valence-corrected chi connectivity index (χ3v) is 1.94. The van der Waals surface area contributed by atoms with E-state index in [0.29, 0.717) is 0 Å². The topological polar surface area (TPSA) is 67.3 Å². The van der Waals surface area contributed by atoms with Gasteiger partial charge in [-0.15, -0.1) is 0 Å². The summed E-state index contributed by atoms with van der Waals surface area (Å²) in [5, 5.41) is 7.95. The highest BCUT2D eigenvalue weighted by Crippen LogP contribution is 2.19. The van der Waals surface area contributed by atoms with E-state index in [1.807, 2.05) is 0 Å². The fourth-order valence-electron chi connectivity index (χ4n) is 0.681. The molecule has 0 aliphatic carbocycles. The fourth-order valence-corrected chi connectivity index (χ4v) is 1.30. The molecule has 12 heavy (non-hydrogen) atoms. The first-order chi connectivity index (χ1) is 5.95. The number of rotatable bonds is 2. The molecule has 2 aromatic heterocycles. The second kappa shape index (κ2) is 3.31. The van der Waals surface area contributed by atoms with E-state index in [1.54, 1.807) is 18.6 Å². The molecule has 0 fully saturated rings. The Kier molecular flexibility index (Phi) is 2.00. The predicted molar refractivity (Wildman–Crippen MR) is 42.5 cm³/mol. The van der Waals surface area contributed by atoms with Crippen molar-refractivity contribution < 1.29 is 0 Å². The number of hydrogen-bond donors (Lipinski definition) is 1. The smallest absolute Gasteiger partial charge is 0.189 e. The molecule has 0 aliphatic rings. The summed E-state index contributed by atoms with van der Waals surface area (Å²) < 4.78 is 0. The van der Waals surface area contributed by atoms with Crippen LogP contribution in [0.4, 0.5) is 0 Å². The molecule has 0 saturated heterocycles. The summed E-state index contributed by atoms with van der Waals surface area (Å²) in [7, 11) is 0. The first-order valence-electron chi connectivity index (χ1n) is 3.24. The summed E-state index contributed by atoms with van der Waals surface area (Å²) >= 11 is 1.39. The van der Waals surface area contributed by atoms with E-state index in [2.05, 4.69) is 25.1 Å². The monoisotopic (exact) mass is 179 g/mol. The van der Waals surface area contributed by atoms with Crippen molar-refractivity contribution in [1.82, 2.24) is 25.1 Å². The highest BCUT2D eigenvalue weighted by molar-refractivity contribution is 7.99. The van der Waals surface area contributed by atoms with Gasteiger partial charge < -0.3 is 0 Å². The first-order valence-corrected chi connectivity index (χ1v) is 4.06. The van der Waals surface area contributed by atoms with E-state index in [0.717, 1.165) is 10.2 Å². The van der Waals surface area contributed by atoms with Crippen LogP contribution in [0.5, 0.6) is 0 Å². The van der Waals surface area contributed by atoms with Crippen molar-refractivity contribution in [3.05, 3.63) is 24.9 Å². The quantitative estimate of drug-likeness (QED) is 0.736. The molecule has 5 nitrogen and oxygen atoms in total. The van der Waals surface area contributed by atoms with Crippen LogP contribution in [0, 0.1) is 0 Å². The van der Waals surface area contributed by atoms with Gasteiger partial charge in [0.25, 0.3) is 0 Å². The van der Waals surface area contributed by atoms with E-state index < -0.39 is 0 Å². The summed E-state index contributed by atoms with van der Waals surface area (Å²) in [6.45, 7) is 0. The average Bonchev–Trinajstić information content (AvgIpc) is 2.59. The van der Waals surface area contributed by atoms with E-state index in [9.17, 15) is 0 Å². The Morgan fingerprint density at radius 1 is 1.25 bits per heavy atom. The van der Waals surface area contributed by atoms with E-state index in [1.165, 1.54) is 18.1 Å². The molecule has 0 aromatic carbocycles. The molecule has 0 amide bonds. The summed E-state index contributed by atoms with van der Waals surface area (Å²) in [6.07, 6.45) is 6.40. The van der Waals surface area contributed by atoms with Gasteiger partial charge in [0, 0.05) is 12.4 Å². The maximum absolute atomic E-state index is 4.07. The Bertz CT molecular complexity index is 332. The zero-order valence-electron chi connectivity index (χ0n) is 6.01. The molecule has 2 heterocycles. The van der Waals surface area contributed by atoms with Crippen molar-refractivity contribution in [3.63, 3.8) is 0 Å². The minimum absolute atomic E-state index is 0.718. The number of aromatic amines is 1. The zero-order chi connectivity index (χ0) is 8.23. The fraction of sp³-hybridized carbons (Fsp3) is 0. The van der Waals surface area contributed by atoms with Crippen molar-refractivity contribution >= 4 is 11.8 Å². The van der Waals surface area contributed by atoms with E-state index in [4.69, 9.17) is 0 Å². The highest BCUT2D eigenvalue weighted by Gasteiger charge is 1.99. The van der Waals surface area contributed by atoms with Crippen molar-refractivity contribution in [2.45, 2.75) is 10.2 Å². The summed E-state index contributed by atoms with van der Waals surface area (Å²) in [4.78, 5) is 11.9. The lowest BCUT2D eigenvalue weighted by Gasteiger charge is -1.92. The molecule has 0 spiro atoms. The largest absolute Gasteiger partial charge is 0.260 e. The molecule has 0 radical (unpaired) electrons. The van der Waals surface area contributed by atoms with Crippen molar-refractivity contribution in [1.29, 1.82) is 0 Å². The second-order valence-corrected chi connectivity index (χ2v) is 2.95. The molecule has 0 aliphatic heterocycles. The van der Waals surface area contributed by atoms with Crippen LogP contribution in [0.15, 0.2) is 35.1 Å². The molecule has 0 atom stereocenters. The number of hydrogen-bond acceptors (Lipinski definition) is 5. The van der Waals surface area contributed by atoms with Gasteiger partial charge in [-0.2, -0.15) is 5.10 Å². The van der Waals surface area contributed by atoms with Crippen LogP contribution < -0.4 is 0 Å². The Morgan fingerprint density at radius 3 is 2.92 bits per heavy atom. The standard InChI is InChI=1S/C6H5N5S/c1-2-8-5(3-7-1)12-6-9-4-10-11-6/h1-4H,(H,9,10,11). The van der Waals surface area contributed by atoms with Crippen LogP contribution in [-0.2, 0) is 0 Å². The number of aromatic nitrogens is 5. The average molecular weight is 179 g/mol. The molecular formula is C6H5N5S. The minimum Gasteiger partial charge on any atom is -0.260 e. The van der Waals surface area contributed by atoms with Gasteiger partial charge in [-0.05, 0) is 11.8 Å². The van der Waals surface area contributed by atoms with Gasteiger partial charge in [0.15, 0.2) is 5.16 Å². The Labute approximate surface area is 72.7 Å². The van der Waals surface area contributed by atoms with Crippen LogP contribution in [0.1, 0.15) is 0 Å². The van der Waals surface area contributed by atoms with Crippen LogP contribution in [-0.4, -0.2) is 25.1 Å². The lowest BCUT2D eigenvalue weighted by molar-refractivity contribution is 0.962. The molecule has 2 aromatic rings.